The molecule has 25 heavy (non-hydrogen) atoms. The van der Waals surface area contributed by atoms with Crippen LogP contribution in [0.25, 0.3) is 0 Å². The predicted octanol–water partition coefficient (Wildman–Crippen LogP) is 2.36. The Bertz CT molecular complexity index is 610. The molecule has 0 fully saturated rings. The monoisotopic (exact) mass is 354 g/mol. The van der Waals surface area contributed by atoms with Crippen molar-refractivity contribution in [1.82, 2.24) is 5.32 Å². The average molecular weight is 354 g/mol. The van der Waals surface area contributed by atoms with Crippen molar-refractivity contribution in [1.29, 1.82) is 0 Å². The first-order valence-electron chi connectivity index (χ1n) is 7.83. The number of esters is 1. The minimum Gasteiger partial charge on any atom is -0.493 e. The third-order valence-electron chi connectivity index (χ3n) is 2.99. The molecule has 8 heteroatoms. The van der Waals surface area contributed by atoms with E-state index in [1.54, 1.807) is 20.8 Å². The Morgan fingerprint density at radius 3 is 2.40 bits per heavy atom. The predicted molar refractivity (Wildman–Crippen MR) is 93.1 cm³/mol. The van der Waals surface area contributed by atoms with Crippen molar-refractivity contribution in [2.75, 3.05) is 33.1 Å². The molecule has 0 spiro atoms. The van der Waals surface area contributed by atoms with E-state index >= 15 is 0 Å². The van der Waals surface area contributed by atoms with E-state index in [0.717, 1.165) is 0 Å². The molecule has 1 aromatic carbocycles. The highest BCUT2D eigenvalue weighted by atomic mass is 16.6. The van der Waals surface area contributed by atoms with Crippen molar-refractivity contribution in [2.45, 2.75) is 32.8 Å². The van der Waals surface area contributed by atoms with Crippen molar-refractivity contribution >= 4 is 17.7 Å². The molecular formula is C17H26N2O6. The largest absolute Gasteiger partial charge is 0.493 e. The highest BCUT2D eigenvalue weighted by Gasteiger charge is 2.17. The number of hydrogen-bond donors (Lipinski definition) is 2. The molecule has 0 aliphatic carbocycles. The second-order valence-electron chi connectivity index (χ2n) is 6.21. The molecule has 0 saturated heterocycles. The maximum absolute atomic E-state index is 11.7. The van der Waals surface area contributed by atoms with Gasteiger partial charge in [-0.25, -0.2) is 9.59 Å². The van der Waals surface area contributed by atoms with Crippen LogP contribution in [0.5, 0.6) is 11.5 Å². The topological polar surface area (TPSA) is 109 Å². The summed E-state index contributed by atoms with van der Waals surface area (Å²) >= 11 is 0. The number of alkyl carbamates (subject to hydrolysis) is 1. The summed E-state index contributed by atoms with van der Waals surface area (Å²) in [5.41, 5.74) is 5.70. The summed E-state index contributed by atoms with van der Waals surface area (Å²) in [6.45, 7) is 6.07. The summed E-state index contributed by atoms with van der Waals surface area (Å²) in [5.74, 6) is 0.219. The fourth-order valence-corrected chi connectivity index (χ4v) is 1.89. The van der Waals surface area contributed by atoms with Gasteiger partial charge in [-0.2, -0.15) is 0 Å². The first-order valence-corrected chi connectivity index (χ1v) is 7.83. The van der Waals surface area contributed by atoms with Crippen LogP contribution in [-0.2, 0) is 9.47 Å². The molecule has 1 aromatic rings. The summed E-state index contributed by atoms with van der Waals surface area (Å²) in [7, 11) is 2.75. The molecular weight excluding hydrogens is 328 g/mol. The number of nitrogens with two attached hydrogens (primary N) is 1. The molecule has 0 heterocycles. The van der Waals surface area contributed by atoms with E-state index in [1.807, 2.05) is 0 Å². The molecule has 0 atom stereocenters. The molecule has 0 saturated carbocycles. The van der Waals surface area contributed by atoms with Gasteiger partial charge in [0.2, 0.25) is 0 Å². The van der Waals surface area contributed by atoms with E-state index in [4.69, 9.17) is 19.9 Å². The molecule has 1 amide bonds. The van der Waals surface area contributed by atoms with Crippen LogP contribution >= 0.6 is 0 Å². The Kier molecular flexibility index (Phi) is 7.35. The zero-order valence-electron chi connectivity index (χ0n) is 15.3. The number of benzene rings is 1. The Balaban J connectivity index is 2.56. The van der Waals surface area contributed by atoms with Gasteiger partial charge in [-0.3, -0.25) is 0 Å². The van der Waals surface area contributed by atoms with Crippen LogP contribution in [0.1, 0.15) is 37.6 Å². The van der Waals surface area contributed by atoms with Crippen molar-refractivity contribution in [3.8, 4) is 11.5 Å². The first kappa shape index (κ1) is 20.4. The van der Waals surface area contributed by atoms with Crippen molar-refractivity contribution < 1.29 is 28.5 Å². The van der Waals surface area contributed by atoms with E-state index < -0.39 is 17.7 Å². The minimum atomic E-state index is -0.559. The second kappa shape index (κ2) is 9.00. The van der Waals surface area contributed by atoms with Crippen LogP contribution in [0.4, 0.5) is 10.5 Å². The van der Waals surface area contributed by atoms with E-state index in [2.05, 4.69) is 10.1 Å². The van der Waals surface area contributed by atoms with Gasteiger partial charge in [0.05, 0.1) is 32.1 Å². The summed E-state index contributed by atoms with van der Waals surface area (Å²) in [4.78, 5) is 23.2. The molecule has 0 aliphatic heterocycles. The zero-order chi connectivity index (χ0) is 19.0. The number of nitrogen functional groups attached to an aromatic ring is 1. The van der Waals surface area contributed by atoms with E-state index in [0.29, 0.717) is 31.1 Å². The number of hydrogen-bond acceptors (Lipinski definition) is 7. The number of ether oxygens (including phenoxy) is 4. The number of methoxy groups -OCH3 is 2. The average Bonchev–Trinajstić information content (AvgIpc) is 2.52. The third-order valence-corrected chi connectivity index (χ3v) is 2.99. The van der Waals surface area contributed by atoms with Crippen LogP contribution in [0.15, 0.2) is 12.1 Å². The lowest BCUT2D eigenvalue weighted by Crippen LogP contribution is -2.33. The minimum absolute atomic E-state index is 0.199. The van der Waals surface area contributed by atoms with Gasteiger partial charge < -0.3 is 30.0 Å². The van der Waals surface area contributed by atoms with Crippen molar-refractivity contribution in [3.63, 3.8) is 0 Å². The molecule has 0 radical (unpaired) electrons. The lowest BCUT2D eigenvalue weighted by Gasteiger charge is -2.19. The Labute approximate surface area is 147 Å². The number of anilines is 1. The van der Waals surface area contributed by atoms with Gasteiger partial charge in [0.25, 0.3) is 0 Å². The van der Waals surface area contributed by atoms with E-state index in [-0.39, 0.29) is 11.3 Å². The summed E-state index contributed by atoms with van der Waals surface area (Å²) in [6, 6.07) is 2.97. The quantitative estimate of drug-likeness (QED) is 0.439. The van der Waals surface area contributed by atoms with Crippen LogP contribution in [-0.4, -0.2) is 45.0 Å². The number of carbonyl (C=O) groups is 2. The van der Waals surface area contributed by atoms with Crippen LogP contribution < -0.4 is 20.5 Å². The molecule has 8 nitrogen and oxygen atoms in total. The number of amides is 1. The van der Waals surface area contributed by atoms with Gasteiger partial charge in [-0.1, -0.05) is 0 Å². The SMILES string of the molecule is COC(=O)c1cc(OCCCNC(=O)OC(C)(C)C)c(OC)cc1N. The highest BCUT2D eigenvalue weighted by Crippen LogP contribution is 2.32. The van der Waals surface area contributed by atoms with Crippen molar-refractivity contribution in [2.24, 2.45) is 0 Å². The highest BCUT2D eigenvalue weighted by molar-refractivity contribution is 5.96. The van der Waals surface area contributed by atoms with Crippen LogP contribution in [0.2, 0.25) is 0 Å². The van der Waals surface area contributed by atoms with Crippen LogP contribution in [0, 0.1) is 0 Å². The normalized spacial score (nSPS) is 10.8. The van der Waals surface area contributed by atoms with Gasteiger partial charge >= 0.3 is 12.1 Å². The van der Waals surface area contributed by atoms with Gasteiger partial charge in [-0.05, 0) is 27.2 Å². The third kappa shape index (κ3) is 6.78. The smallest absolute Gasteiger partial charge is 0.407 e. The molecule has 0 bridgehead atoms. The fraction of sp³-hybridized carbons (Fsp3) is 0.529. The zero-order valence-corrected chi connectivity index (χ0v) is 15.3. The Morgan fingerprint density at radius 2 is 1.84 bits per heavy atom. The van der Waals surface area contributed by atoms with Crippen molar-refractivity contribution in [3.05, 3.63) is 17.7 Å². The second-order valence-corrected chi connectivity index (χ2v) is 6.21. The summed E-state index contributed by atoms with van der Waals surface area (Å²) < 4.78 is 20.6. The molecule has 0 aliphatic rings. The molecule has 3 N–H and O–H groups in total. The number of carbonyl (C=O) groups excluding carboxylic acids is 2. The van der Waals surface area contributed by atoms with Gasteiger partial charge in [0.1, 0.15) is 5.60 Å². The molecule has 0 unspecified atom stereocenters. The maximum Gasteiger partial charge on any atom is 0.407 e. The lowest BCUT2D eigenvalue weighted by atomic mass is 10.1. The fourth-order valence-electron chi connectivity index (χ4n) is 1.89. The molecule has 1 rings (SSSR count). The van der Waals surface area contributed by atoms with Gasteiger partial charge in [0, 0.05) is 18.7 Å². The molecule has 140 valence electrons. The number of nitrogens with one attached hydrogen (secondary N) is 1. The first-order chi connectivity index (χ1) is 11.7. The van der Waals surface area contributed by atoms with E-state index in [9.17, 15) is 9.59 Å². The maximum atomic E-state index is 11.7. The Morgan fingerprint density at radius 1 is 1.16 bits per heavy atom. The van der Waals surface area contributed by atoms with Crippen LogP contribution in [0.3, 0.4) is 0 Å². The standard InChI is InChI=1S/C17H26N2O6/c1-17(2,3)25-16(21)19-7-6-8-24-14-9-11(15(20)23-5)12(18)10-13(14)22-4/h9-10H,6-8,18H2,1-5H3,(H,19,21). The summed E-state index contributed by atoms with van der Waals surface area (Å²) in [5, 5.41) is 2.64. The Hall–Kier alpha value is -2.64. The van der Waals surface area contributed by atoms with Gasteiger partial charge in [0.15, 0.2) is 11.5 Å². The molecule has 0 aromatic heterocycles. The number of rotatable bonds is 7. The lowest BCUT2D eigenvalue weighted by molar-refractivity contribution is 0.0523. The van der Waals surface area contributed by atoms with E-state index in [1.165, 1.54) is 26.4 Å². The van der Waals surface area contributed by atoms with Gasteiger partial charge in [-0.15, -0.1) is 0 Å². The summed E-state index contributed by atoms with van der Waals surface area (Å²) in [6.07, 6.45) is 0.0610.